The molecule has 15 heavy (non-hydrogen) atoms. The maximum atomic E-state index is 4.25. The molecule has 0 aromatic carbocycles. The Hall–Kier alpha value is -1.31. The summed E-state index contributed by atoms with van der Waals surface area (Å²) in [5.41, 5.74) is 2.52. The van der Waals surface area contributed by atoms with Crippen molar-refractivity contribution in [3.05, 3.63) is 35.6 Å². The van der Waals surface area contributed by atoms with Gasteiger partial charge in [0, 0.05) is 22.9 Å². The van der Waals surface area contributed by atoms with Gasteiger partial charge >= 0.3 is 0 Å². The summed E-state index contributed by atoms with van der Waals surface area (Å²) < 4.78 is 0. The molecule has 1 unspecified atom stereocenters. The minimum absolute atomic E-state index is 0.124. The van der Waals surface area contributed by atoms with Crippen LogP contribution in [-0.4, -0.2) is 12.9 Å². The first kappa shape index (κ1) is 10.2. The zero-order valence-corrected chi connectivity index (χ0v) is 9.62. The smallest absolute Gasteiger partial charge is 0.107 e. The first-order valence-electron chi connectivity index (χ1n) is 5.48. The number of hydrogen-bond acceptors (Lipinski definition) is 2. The fourth-order valence-electron chi connectivity index (χ4n) is 1.81. The lowest BCUT2D eigenvalue weighted by Gasteiger charge is -2.27. The first-order chi connectivity index (χ1) is 7.12. The quantitative estimate of drug-likeness (QED) is 0.694. The average molecular weight is 202 g/mol. The van der Waals surface area contributed by atoms with Crippen LogP contribution in [0.1, 0.15) is 20.8 Å². The third-order valence-electron chi connectivity index (χ3n) is 3.33. The average Bonchev–Trinajstić information content (AvgIpc) is 2.36. The Kier molecular flexibility index (Phi) is 2.51. The highest BCUT2D eigenvalue weighted by molar-refractivity contribution is 5.86. The van der Waals surface area contributed by atoms with Crippen LogP contribution in [0.3, 0.4) is 0 Å². The van der Waals surface area contributed by atoms with Crippen LogP contribution in [-0.2, 0) is 0 Å². The summed E-state index contributed by atoms with van der Waals surface area (Å²) in [5.74, 6) is 0.587. The van der Waals surface area contributed by atoms with E-state index in [9.17, 15) is 0 Å². The van der Waals surface area contributed by atoms with Gasteiger partial charge in [0.25, 0.3) is 0 Å². The lowest BCUT2D eigenvalue weighted by Crippen LogP contribution is -2.23. The second kappa shape index (κ2) is 3.69. The van der Waals surface area contributed by atoms with Crippen LogP contribution in [0.2, 0.25) is 0 Å². The molecule has 1 heterocycles. The molecular weight excluding hydrogens is 184 g/mol. The van der Waals surface area contributed by atoms with Gasteiger partial charge in [-0.05, 0) is 12.0 Å². The van der Waals surface area contributed by atoms with Gasteiger partial charge in [-0.2, -0.15) is 0 Å². The Balaban J connectivity index is 2.43. The third kappa shape index (κ3) is 1.89. The van der Waals surface area contributed by atoms with Crippen molar-refractivity contribution in [3.63, 3.8) is 0 Å². The molecule has 0 radical (unpaired) electrons. The molecule has 0 amide bonds. The van der Waals surface area contributed by atoms with Crippen molar-refractivity contribution < 1.29 is 0 Å². The van der Waals surface area contributed by atoms with Crippen LogP contribution in [0, 0.1) is 11.3 Å². The van der Waals surface area contributed by atoms with Gasteiger partial charge in [0.05, 0.1) is 0 Å². The molecule has 1 aliphatic carbocycles. The number of allylic oxidation sites excluding steroid dienone is 5. The van der Waals surface area contributed by atoms with Crippen molar-refractivity contribution in [2.24, 2.45) is 16.3 Å². The van der Waals surface area contributed by atoms with E-state index in [1.54, 1.807) is 0 Å². The van der Waals surface area contributed by atoms with Crippen LogP contribution < -0.4 is 5.32 Å². The van der Waals surface area contributed by atoms with Gasteiger partial charge < -0.3 is 5.32 Å². The zero-order chi connectivity index (χ0) is 10.9. The molecular formula is C13H18N2. The predicted octanol–water partition coefficient (Wildman–Crippen LogP) is 2.66. The molecule has 1 aliphatic heterocycles. The molecule has 2 heteroatoms. The van der Waals surface area contributed by atoms with E-state index in [0.29, 0.717) is 12.6 Å². The highest BCUT2D eigenvalue weighted by Gasteiger charge is 2.25. The number of hydrogen-bond donors (Lipinski definition) is 1. The van der Waals surface area contributed by atoms with E-state index in [1.807, 2.05) is 6.21 Å². The molecule has 2 rings (SSSR count). The van der Waals surface area contributed by atoms with Gasteiger partial charge in [-0.3, -0.25) is 4.99 Å². The number of fused-ring (bicyclic) bond motifs is 1. The van der Waals surface area contributed by atoms with Crippen molar-refractivity contribution in [3.8, 4) is 0 Å². The highest BCUT2D eigenvalue weighted by atomic mass is 15.0. The summed E-state index contributed by atoms with van der Waals surface area (Å²) in [7, 11) is 0. The summed E-state index contributed by atoms with van der Waals surface area (Å²) in [6.45, 7) is 7.45. The van der Waals surface area contributed by atoms with Crippen LogP contribution >= 0.6 is 0 Å². The van der Waals surface area contributed by atoms with Crippen molar-refractivity contribution in [2.75, 3.05) is 6.67 Å². The summed E-state index contributed by atoms with van der Waals surface area (Å²) in [4.78, 5) is 4.25. The van der Waals surface area contributed by atoms with Crippen LogP contribution in [0.5, 0.6) is 0 Å². The molecule has 0 bridgehead atoms. The molecule has 0 aromatic rings. The first-order valence-corrected chi connectivity index (χ1v) is 5.48. The van der Waals surface area contributed by atoms with Crippen LogP contribution in [0.15, 0.2) is 40.6 Å². The van der Waals surface area contributed by atoms with Gasteiger partial charge in [-0.1, -0.05) is 39.0 Å². The fourth-order valence-corrected chi connectivity index (χ4v) is 1.81. The maximum absolute atomic E-state index is 4.25. The number of nitrogens with zero attached hydrogens (tertiary/aromatic N) is 1. The minimum Gasteiger partial charge on any atom is -0.366 e. The topological polar surface area (TPSA) is 24.4 Å². The number of nitrogens with one attached hydrogen (secondary N) is 1. The molecule has 0 saturated heterocycles. The van der Waals surface area contributed by atoms with Crippen LogP contribution in [0.4, 0.5) is 0 Å². The molecule has 80 valence electrons. The summed E-state index contributed by atoms with van der Waals surface area (Å²) in [6.07, 6.45) is 10.8. The highest BCUT2D eigenvalue weighted by Crippen LogP contribution is 2.34. The van der Waals surface area contributed by atoms with Crippen molar-refractivity contribution in [1.29, 1.82) is 0 Å². The Labute approximate surface area is 91.5 Å². The van der Waals surface area contributed by atoms with E-state index in [-0.39, 0.29) is 5.41 Å². The zero-order valence-electron chi connectivity index (χ0n) is 9.62. The molecule has 2 aliphatic rings. The Bertz CT molecular complexity index is 372. The fraction of sp³-hybridized carbons (Fsp3) is 0.462. The van der Waals surface area contributed by atoms with Crippen molar-refractivity contribution in [1.82, 2.24) is 5.32 Å². The van der Waals surface area contributed by atoms with E-state index in [0.717, 1.165) is 0 Å². The SMILES string of the molecule is CC(C)C1(C)C=CC=C2NCN=CC2=C1. The molecule has 1 N–H and O–H groups in total. The van der Waals surface area contributed by atoms with Gasteiger partial charge in [0.15, 0.2) is 0 Å². The predicted molar refractivity (Wildman–Crippen MR) is 64.7 cm³/mol. The summed E-state index contributed by atoms with van der Waals surface area (Å²) >= 11 is 0. The van der Waals surface area contributed by atoms with Gasteiger partial charge in [0.2, 0.25) is 0 Å². The second-order valence-electron chi connectivity index (χ2n) is 4.71. The summed E-state index contributed by atoms with van der Waals surface area (Å²) in [5, 5.41) is 3.28. The molecule has 0 fully saturated rings. The second-order valence-corrected chi connectivity index (χ2v) is 4.71. The van der Waals surface area contributed by atoms with E-state index < -0.39 is 0 Å². The monoisotopic (exact) mass is 202 g/mol. The lowest BCUT2D eigenvalue weighted by molar-refractivity contribution is 0.382. The van der Waals surface area contributed by atoms with E-state index >= 15 is 0 Å². The molecule has 0 spiro atoms. The van der Waals surface area contributed by atoms with E-state index in [4.69, 9.17) is 0 Å². The van der Waals surface area contributed by atoms with Gasteiger partial charge in [-0.25, -0.2) is 0 Å². The Morgan fingerprint density at radius 2 is 2.27 bits per heavy atom. The lowest BCUT2D eigenvalue weighted by atomic mass is 9.78. The van der Waals surface area contributed by atoms with E-state index in [2.05, 4.69) is 55.4 Å². The molecule has 0 saturated carbocycles. The normalized spacial score (nSPS) is 29.1. The van der Waals surface area contributed by atoms with Crippen molar-refractivity contribution in [2.45, 2.75) is 20.8 Å². The Morgan fingerprint density at radius 1 is 1.47 bits per heavy atom. The van der Waals surface area contributed by atoms with Crippen LogP contribution in [0.25, 0.3) is 0 Å². The molecule has 2 nitrogen and oxygen atoms in total. The minimum atomic E-state index is 0.124. The number of aliphatic imine (C=N–C) groups is 1. The number of rotatable bonds is 1. The Morgan fingerprint density at radius 3 is 3.00 bits per heavy atom. The molecule has 1 atom stereocenters. The maximum Gasteiger partial charge on any atom is 0.107 e. The molecule has 0 aromatic heterocycles. The van der Waals surface area contributed by atoms with Gasteiger partial charge in [0.1, 0.15) is 6.67 Å². The van der Waals surface area contributed by atoms with Crippen molar-refractivity contribution >= 4 is 6.21 Å². The van der Waals surface area contributed by atoms with E-state index in [1.165, 1.54) is 11.3 Å². The largest absolute Gasteiger partial charge is 0.366 e. The standard InChI is InChI=1S/C13H18N2/c1-10(2)13(3)6-4-5-12-11(7-13)8-14-9-15-12/h4-8,10,15H,9H2,1-3H3. The third-order valence-corrected chi connectivity index (χ3v) is 3.33. The van der Waals surface area contributed by atoms with Gasteiger partial charge in [-0.15, -0.1) is 0 Å². The summed E-state index contributed by atoms with van der Waals surface area (Å²) in [6, 6.07) is 0.